The number of nitrogens with zero attached hydrogens (tertiary/aromatic N) is 3. The molecule has 1 aromatic carbocycles. The predicted octanol–water partition coefficient (Wildman–Crippen LogP) is 4.28. The number of aryl methyl sites for hydroxylation is 1. The Balaban J connectivity index is 1.79. The van der Waals surface area contributed by atoms with E-state index >= 15 is 0 Å². The highest BCUT2D eigenvalue weighted by molar-refractivity contribution is 7.17. The normalized spacial score (nSPS) is 17.5. The Morgan fingerprint density at radius 2 is 2.08 bits per heavy atom. The lowest BCUT2D eigenvalue weighted by Gasteiger charge is -2.23. The Kier molecular flexibility index (Phi) is 4.21. The van der Waals surface area contributed by atoms with Gasteiger partial charge in [-0.25, -0.2) is 9.97 Å². The fraction of sp³-hybridized carbons (Fsp3) is 0.368. The monoisotopic (exact) mass is 339 g/mol. The SMILES string of the molecule is Cc1nc(N(C)CC2CCCO2)c2c(-c3ccccc3)csc2n1. The lowest BCUT2D eigenvalue weighted by atomic mass is 10.1. The van der Waals surface area contributed by atoms with Gasteiger partial charge in [-0.15, -0.1) is 11.3 Å². The number of likely N-dealkylation sites (N-methyl/N-ethyl adjacent to an activating group) is 1. The van der Waals surface area contributed by atoms with Crippen LogP contribution in [0.3, 0.4) is 0 Å². The van der Waals surface area contributed by atoms with Crippen molar-refractivity contribution in [3.05, 3.63) is 41.5 Å². The average molecular weight is 339 g/mol. The van der Waals surface area contributed by atoms with Crippen LogP contribution < -0.4 is 4.90 Å². The van der Waals surface area contributed by atoms with Gasteiger partial charge in [0.1, 0.15) is 16.5 Å². The van der Waals surface area contributed by atoms with E-state index in [4.69, 9.17) is 9.72 Å². The highest BCUT2D eigenvalue weighted by Gasteiger charge is 2.21. The molecule has 5 heteroatoms. The third-order valence-electron chi connectivity index (χ3n) is 4.47. The maximum atomic E-state index is 5.80. The van der Waals surface area contributed by atoms with Crippen molar-refractivity contribution in [2.75, 3.05) is 25.1 Å². The van der Waals surface area contributed by atoms with Crippen molar-refractivity contribution in [2.45, 2.75) is 25.9 Å². The summed E-state index contributed by atoms with van der Waals surface area (Å²) in [6.45, 7) is 3.71. The molecule has 24 heavy (non-hydrogen) atoms. The van der Waals surface area contributed by atoms with Gasteiger partial charge in [0.15, 0.2) is 0 Å². The van der Waals surface area contributed by atoms with Gasteiger partial charge in [-0.1, -0.05) is 30.3 Å². The average Bonchev–Trinajstić information content (AvgIpc) is 3.24. The number of rotatable bonds is 4. The van der Waals surface area contributed by atoms with Crippen molar-refractivity contribution >= 4 is 27.4 Å². The summed E-state index contributed by atoms with van der Waals surface area (Å²) in [5, 5.41) is 3.34. The Morgan fingerprint density at radius 1 is 1.25 bits per heavy atom. The van der Waals surface area contributed by atoms with Crippen molar-refractivity contribution < 1.29 is 4.74 Å². The highest BCUT2D eigenvalue weighted by atomic mass is 32.1. The van der Waals surface area contributed by atoms with Crippen LogP contribution in [-0.2, 0) is 4.74 Å². The molecule has 0 bridgehead atoms. The molecule has 1 aliphatic rings. The van der Waals surface area contributed by atoms with Gasteiger partial charge in [0.25, 0.3) is 0 Å². The van der Waals surface area contributed by atoms with Gasteiger partial charge < -0.3 is 9.64 Å². The first-order valence-electron chi connectivity index (χ1n) is 8.36. The predicted molar refractivity (Wildman–Crippen MR) is 99.8 cm³/mol. The summed E-state index contributed by atoms with van der Waals surface area (Å²) in [6.07, 6.45) is 2.59. The molecular formula is C19H21N3OS. The fourth-order valence-corrected chi connectivity index (χ4v) is 4.30. The molecule has 124 valence electrons. The van der Waals surface area contributed by atoms with E-state index in [1.807, 2.05) is 13.0 Å². The first-order valence-corrected chi connectivity index (χ1v) is 9.24. The minimum atomic E-state index is 0.305. The quantitative estimate of drug-likeness (QED) is 0.711. The number of hydrogen-bond acceptors (Lipinski definition) is 5. The molecule has 0 radical (unpaired) electrons. The van der Waals surface area contributed by atoms with Gasteiger partial charge in [-0.05, 0) is 25.3 Å². The third kappa shape index (κ3) is 2.89. The molecule has 0 spiro atoms. The Bertz CT molecular complexity index is 840. The summed E-state index contributed by atoms with van der Waals surface area (Å²) < 4.78 is 5.80. The molecular weight excluding hydrogens is 318 g/mol. The van der Waals surface area contributed by atoms with E-state index in [0.717, 1.165) is 47.9 Å². The molecule has 3 heterocycles. The maximum absolute atomic E-state index is 5.80. The van der Waals surface area contributed by atoms with Crippen molar-refractivity contribution in [3.63, 3.8) is 0 Å². The molecule has 1 saturated heterocycles. The minimum Gasteiger partial charge on any atom is -0.376 e. The van der Waals surface area contributed by atoms with Gasteiger partial charge in [-0.3, -0.25) is 0 Å². The van der Waals surface area contributed by atoms with Crippen molar-refractivity contribution in [3.8, 4) is 11.1 Å². The Morgan fingerprint density at radius 3 is 2.83 bits per heavy atom. The molecule has 2 aromatic heterocycles. The number of aromatic nitrogens is 2. The topological polar surface area (TPSA) is 38.2 Å². The molecule has 3 aromatic rings. The van der Waals surface area contributed by atoms with E-state index < -0.39 is 0 Å². The minimum absolute atomic E-state index is 0.305. The Hall–Kier alpha value is -1.98. The highest BCUT2D eigenvalue weighted by Crippen LogP contribution is 2.38. The Labute approximate surface area is 146 Å². The standard InChI is InChI=1S/C19H21N3OS/c1-13-20-18(22(2)11-15-9-6-10-23-15)17-16(12-24-19(17)21-13)14-7-4-3-5-8-14/h3-5,7-8,12,15H,6,9-11H2,1-2H3. The lowest BCUT2D eigenvalue weighted by molar-refractivity contribution is 0.116. The molecule has 1 aliphatic heterocycles. The summed E-state index contributed by atoms with van der Waals surface area (Å²) in [6, 6.07) is 10.5. The fourth-order valence-electron chi connectivity index (χ4n) is 3.31. The van der Waals surface area contributed by atoms with Gasteiger partial charge in [-0.2, -0.15) is 0 Å². The van der Waals surface area contributed by atoms with E-state index in [1.54, 1.807) is 11.3 Å². The summed E-state index contributed by atoms with van der Waals surface area (Å²) >= 11 is 1.69. The van der Waals surface area contributed by atoms with Crippen molar-refractivity contribution in [1.82, 2.24) is 9.97 Å². The summed E-state index contributed by atoms with van der Waals surface area (Å²) in [4.78, 5) is 12.7. The van der Waals surface area contributed by atoms with Crippen molar-refractivity contribution in [2.24, 2.45) is 0 Å². The number of benzene rings is 1. The number of hydrogen-bond donors (Lipinski definition) is 0. The number of anilines is 1. The molecule has 4 rings (SSSR count). The van der Waals surface area contributed by atoms with Gasteiger partial charge in [0, 0.05) is 31.1 Å². The molecule has 0 amide bonds. The molecule has 4 nitrogen and oxygen atoms in total. The molecule has 0 aliphatic carbocycles. The first kappa shape index (κ1) is 15.5. The van der Waals surface area contributed by atoms with Gasteiger partial charge in [0.05, 0.1) is 11.5 Å². The zero-order valence-corrected chi connectivity index (χ0v) is 14.8. The van der Waals surface area contributed by atoms with Crippen LogP contribution in [0.4, 0.5) is 5.82 Å². The van der Waals surface area contributed by atoms with Crippen LogP contribution in [0.5, 0.6) is 0 Å². The molecule has 0 saturated carbocycles. The van der Waals surface area contributed by atoms with Crippen LogP contribution in [-0.4, -0.2) is 36.3 Å². The van der Waals surface area contributed by atoms with E-state index in [-0.39, 0.29) is 0 Å². The zero-order valence-electron chi connectivity index (χ0n) is 14.0. The lowest BCUT2D eigenvalue weighted by Crippen LogP contribution is -2.29. The van der Waals surface area contributed by atoms with Crippen LogP contribution >= 0.6 is 11.3 Å². The number of ether oxygens (including phenoxy) is 1. The largest absolute Gasteiger partial charge is 0.376 e. The molecule has 1 fully saturated rings. The van der Waals surface area contributed by atoms with Crippen molar-refractivity contribution in [1.29, 1.82) is 0 Å². The maximum Gasteiger partial charge on any atom is 0.141 e. The van der Waals surface area contributed by atoms with E-state index in [1.165, 1.54) is 11.1 Å². The second-order valence-electron chi connectivity index (χ2n) is 6.31. The zero-order chi connectivity index (χ0) is 16.5. The number of thiophene rings is 1. The smallest absolute Gasteiger partial charge is 0.141 e. The van der Waals surface area contributed by atoms with E-state index in [0.29, 0.717) is 6.10 Å². The number of fused-ring (bicyclic) bond motifs is 1. The molecule has 0 N–H and O–H groups in total. The van der Waals surface area contributed by atoms with Gasteiger partial charge >= 0.3 is 0 Å². The van der Waals surface area contributed by atoms with Crippen LogP contribution in [0.15, 0.2) is 35.7 Å². The van der Waals surface area contributed by atoms with Gasteiger partial charge in [0.2, 0.25) is 0 Å². The second-order valence-corrected chi connectivity index (χ2v) is 7.16. The van der Waals surface area contributed by atoms with Crippen LogP contribution in [0.2, 0.25) is 0 Å². The first-order chi connectivity index (χ1) is 11.7. The van der Waals surface area contributed by atoms with E-state index in [9.17, 15) is 0 Å². The summed E-state index contributed by atoms with van der Waals surface area (Å²) in [7, 11) is 2.11. The molecule has 1 unspecified atom stereocenters. The van der Waals surface area contributed by atoms with Crippen LogP contribution in [0.25, 0.3) is 21.3 Å². The van der Waals surface area contributed by atoms with E-state index in [2.05, 4.69) is 46.6 Å². The second kappa shape index (κ2) is 6.49. The third-order valence-corrected chi connectivity index (χ3v) is 5.35. The molecule has 1 atom stereocenters. The summed E-state index contributed by atoms with van der Waals surface area (Å²) in [5.41, 5.74) is 2.42. The van der Waals surface area contributed by atoms with Crippen LogP contribution in [0.1, 0.15) is 18.7 Å². The summed E-state index contributed by atoms with van der Waals surface area (Å²) in [5.74, 6) is 1.83. The van der Waals surface area contributed by atoms with Crippen LogP contribution in [0, 0.1) is 6.92 Å².